The standard InChI is InChI=1S/C20H13N5O2.C2H6/c21-13-16-12-19(25-18(23-16)9-10-22-25)27-17-8-4-5-14(11-17)20(26)24-15-6-2-1-3-7-15;1-2/h1-12H,(H,24,26);1-2H3. The quantitative estimate of drug-likeness (QED) is 0.551. The van der Waals surface area contributed by atoms with Crippen molar-refractivity contribution >= 4 is 17.2 Å². The molecule has 0 aliphatic carbocycles. The van der Waals surface area contributed by atoms with Gasteiger partial charge in [0, 0.05) is 23.4 Å². The van der Waals surface area contributed by atoms with Crippen molar-refractivity contribution in [1.82, 2.24) is 14.6 Å². The first-order chi connectivity index (χ1) is 14.2. The van der Waals surface area contributed by atoms with Crippen molar-refractivity contribution in [3.8, 4) is 17.7 Å². The van der Waals surface area contributed by atoms with E-state index in [1.807, 2.05) is 50.2 Å². The SMILES string of the molecule is CC.N#Cc1cc(Oc2cccc(C(=O)Nc3ccccc3)c2)n2nccc2n1. The van der Waals surface area contributed by atoms with Crippen LogP contribution in [-0.4, -0.2) is 20.5 Å². The fourth-order valence-electron chi connectivity index (χ4n) is 2.56. The average Bonchev–Trinajstić information content (AvgIpc) is 3.25. The van der Waals surface area contributed by atoms with Gasteiger partial charge in [0.05, 0.1) is 6.20 Å². The minimum absolute atomic E-state index is 0.218. The van der Waals surface area contributed by atoms with Gasteiger partial charge >= 0.3 is 0 Å². The van der Waals surface area contributed by atoms with E-state index in [0.29, 0.717) is 28.5 Å². The van der Waals surface area contributed by atoms with Gasteiger partial charge in [-0.2, -0.15) is 14.9 Å². The maximum absolute atomic E-state index is 12.5. The number of nitrogens with one attached hydrogen (secondary N) is 1. The summed E-state index contributed by atoms with van der Waals surface area (Å²) in [7, 11) is 0. The lowest BCUT2D eigenvalue weighted by atomic mass is 10.2. The number of nitriles is 1. The van der Waals surface area contributed by atoms with Crippen LogP contribution in [0.3, 0.4) is 0 Å². The minimum atomic E-state index is -0.247. The topological polar surface area (TPSA) is 92.3 Å². The highest BCUT2D eigenvalue weighted by molar-refractivity contribution is 6.04. The Balaban J connectivity index is 0.00000117. The molecule has 0 unspecified atom stereocenters. The van der Waals surface area contributed by atoms with Gasteiger partial charge in [0.1, 0.15) is 17.5 Å². The van der Waals surface area contributed by atoms with Crippen molar-refractivity contribution < 1.29 is 9.53 Å². The zero-order chi connectivity index (χ0) is 20.6. The number of amides is 1. The molecule has 1 N–H and O–H groups in total. The number of nitrogens with zero attached hydrogens (tertiary/aromatic N) is 4. The van der Waals surface area contributed by atoms with Crippen LogP contribution in [-0.2, 0) is 0 Å². The van der Waals surface area contributed by atoms with E-state index in [1.54, 1.807) is 36.5 Å². The van der Waals surface area contributed by atoms with Crippen LogP contribution in [0.4, 0.5) is 5.69 Å². The summed E-state index contributed by atoms with van der Waals surface area (Å²) in [4.78, 5) is 16.6. The molecule has 0 fully saturated rings. The molecule has 0 saturated carbocycles. The van der Waals surface area contributed by atoms with E-state index in [0.717, 1.165) is 0 Å². The lowest BCUT2D eigenvalue weighted by molar-refractivity contribution is 0.102. The molecule has 144 valence electrons. The van der Waals surface area contributed by atoms with Gasteiger partial charge in [-0.1, -0.05) is 38.1 Å². The Bertz CT molecular complexity index is 1160. The molecular formula is C22H19N5O2. The Morgan fingerprint density at radius 2 is 1.86 bits per heavy atom. The highest BCUT2D eigenvalue weighted by Crippen LogP contribution is 2.24. The molecule has 4 rings (SSSR count). The predicted octanol–water partition coefficient (Wildman–Crippen LogP) is 4.67. The second-order valence-corrected chi connectivity index (χ2v) is 5.64. The van der Waals surface area contributed by atoms with Gasteiger partial charge in [-0.15, -0.1) is 0 Å². The zero-order valence-corrected chi connectivity index (χ0v) is 16.0. The Morgan fingerprint density at radius 3 is 2.62 bits per heavy atom. The summed E-state index contributed by atoms with van der Waals surface area (Å²) in [5.74, 6) is 0.535. The number of hydrogen-bond acceptors (Lipinski definition) is 5. The van der Waals surface area contributed by atoms with Gasteiger partial charge < -0.3 is 10.1 Å². The van der Waals surface area contributed by atoms with E-state index in [-0.39, 0.29) is 11.6 Å². The van der Waals surface area contributed by atoms with Crippen molar-refractivity contribution in [1.29, 1.82) is 5.26 Å². The van der Waals surface area contributed by atoms with Gasteiger partial charge in [0.25, 0.3) is 5.91 Å². The third-order valence-electron chi connectivity index (χ3n) is 3.79. The van der Waals surface area contributed by atoms with E-state index in [9.17, 15) is 4.79 Å². The smallest absolute Gasteiger partial charge is 0.255 e. The highest BCUT2D eigenvalue weighted by atomic mass is 16.5. The number of aromatic nitrogens is 3. The van der Waals surface area contributed by atoms with Crippen LogP contribution in [0.15, 0.2) is 72.9 Å². The number of carbonyl (C=O) groups is 1. The molecule has 0 bridgehead atoms. The number of fused-ring (bicyclic) bond motifs is 1. The van der Waals surface area contributed by atoms with E-state index in [4.69, 9.17) is 10.00 Å². The minimum Gasteiger partial charge on any atom is -0.439 e. The van der Waals surface area contributed by atoms with Crippen LogP contribution in [0.5, 0.6) is 11.6 Å². The first kappa shape index (κ1) is 19.6. The Kier molecular flexibility index (Phi) is 6.18. The lowest BCUT2D eigenvalue weighted by Gasteiger charge is -2.09. The molecule has 0 spiro atoms. The first-order valence-corrected chi connectivity index (χ1v) is 9.12. The number of carbonyl (C=O) groups excluding carboxylic acids is 1. The molecule has 1 amide bonds. The van der Waals surface area contributed by atoms with Gasteiger partial charge in [-0.25, -0.2) is 4.98 Å². The van der Waals surface area contributed by atoms with Crippen molar-refractivity contribution in [2.45, 2.75) is 13.8 Å². The summed E-state index contributed by atoms with van der Waals surface area (Å²) in [6.07, 6.45) is 1.57. The van der Waals surface area contributed by atoms with Gasteiger partial charge in [-0.3, -0.25) is 4.79 Å². The van der Waals surface area contributed by atoms with Crippen LogP contribution in [0.2, 0.25) is 0 Å². The molecule has 7 nitrogen and oxygen atoms in total. The van der Waals surface area contributed by atoms with E-state index in [2.05, 4.69) is 15.4 Å². The Hall–Kier alpha value is -4.18. The third kappa shape index (κ3) is 4.57. The molecule has 2 aromatic heterocycles. The molecule has 29 heavy (non-hydrogen) atoms. The molecule has 0 radical (unpaired) electrons. The number of rotatable bonds is 4. The Morgan fingerprint density at radius 1 is 1.07 bits per heavy atom. The van der Waals surface area contributed by atoms with Crippen LogP contribution in [0.1, 0.15) is 29.9 Å². The monoisotopic (exact) mass is 385 g/mol. The van der Waals surface area contributed by atoms with Crippen LogP contribution in [0, 0.1) is 11.3 Å². The molecule has 4 aromatic rings. The number of benzene rings is 2. The molecule has 7 heteroatoms. The molecule has 0 saturated heterocycles. The fourth-order valence-corrected chi connectivity index (χ4v) is 2.56. The molecule has 2 heterocycles. The summed E-state index contributed by atoms with van der Waals surface area (Å²) in [5, 5.41) is 16.1. The molecule has 0 atom stereocenters. The molecule has 0 aliphatic heterocycles. The average molecular weight is 385 g/mol. The highest BCUT2D eigenvalue weighted by Gasteiger charge is 2.11. The summed E-state index contributed by atoms with van der Waals surface area (Å²) in [6.45, 7) is 4.00. The number of para-hydroxylation sites is 1. The second kappa shape index (κ2) is 9.15. The molecule has 2 aromatic carbocycles. The fraction of sp³-hybridized carbons (Fsp3) is 0.0909. The number of hydrogen-bond donors (Lipinski definition) is 1. The summed E-state index contributed by atoms with van der Waals surface area (Å²) >= 11 is 0. The van der Waals surface area contributed by atoms with Gasteiger partial charge in [-0.05, 0) is 30.3 Å². The molecule has 0 aliphatic rings. The van der Waals surface area contributed by atoms with Gasteiger partial charge in [0.2, 0.25) is 5.88 Å². The lowest BCUT2D eigenvalue weighted by Crippen LogP contribution is -2.11. The second-order valence-electron chi connectivity index (χ2n) is 5.64. The zero-order valence-electron chi connectivity index (χ0n) is 16.0. The largest absolute Gasteiger partial charge is 0.439 e. The van der Waals surface area contributed by atoms with E-state index < -0.39 is 0 Å². The first-order valence-electron chi connectivity index (χ1n) is 9.12. The Labute approximate surface area is 168 Å². The van der Waals surface area contributed by atoms with Crippen molar-refractivity contribution in [2.24, 2.45) is 0 Å². The third-order valence-corrected chi connectivity index (χ3v) is 3.79. The summed E-state index contributed by atoms with van der Waals surface area (Å²) < 4.78 is 7.35. The molecular weight excluding hydrogens is 366 g/mol. The maximum Gasteiger partial charge on any atom is 0.255 e. The van der Waals surface area contributed by atoms with Crippen LogP contribution in [0.25, 0.3) is 5.65 Å². The predicted molar refractivity (Wildman–Crippen MR) is 110 cm³/mol. The number of anilines is 1. The normalized spacial score (nSPS) is 9.83. The maximum atomic E-state index is 12.5. The summed E-state index contributed by atoms with van der Waals surface area (Å²) in [6, 6.07) is 21.1. The van der Waals surface area contributed by atoms with Crippen molar-refractivity contribution in [3.63, 3.8) is 0 Å². The van der Waals surface area contributed by atoms with Crippen LogP contribution >= 0.6 is 0 Å². The van der Waals surface area contributed by atoms with Crippen molar-refractivity contribution in [2.75, 3.05) is 5.32 Å². The summed E-state index contributed by atoms with van der Waals surface area (Å²) in [5.41, 5.74) is 1.88. The van der Waals surface area contributed by atoms with Crippen LogP contribution < -0.4 is 10.1 Å². The van der Waals surface area contributed by atoms with Crippen molar-refractivity contribution in [3.05, 3.63) is 84.2 Å². The van der Waals surface area contributed by atoms with E-state index in [1.165, 1.54) is 10.6 Å². The van der Waals surface area contributed by atoms with E-state index >= 15 is 0 Å². The number of ether oxygens (including phenoxy) is 1. The van der Waals surface area contributed by atoms with Gasteiger partial charge in [0.15, 0.2) is 5.65 Å².